The van der Waals surface area contributed by atoms with E-state index in [1.165, 1.54) is 5.56 Å². The first-order valence-electron chi connectivity index (χ1n) is 5.02. The fourth-order valence-corrected chi connectivity index (χ4v) is 2.70. The molecule has 0 aromatic carbocycles. The second-order valence-electron chi connectivity index (χ2n) is 3.46. The molecular formula is C12H13ClOS. The number of halogens is 1. The fraction of sp³-hybridized carbons (Fsp3) is 0.333. The number of thiophene rings is 1. The molecule has 1 unspecified atom stereocenters. The van der Waals surface area contributed by atoms with Gasteiger partial charge in [0, 0.05) is 12.0 Å². The van der Waals surface area contributed by atoms with Crippen molar-refractivity contribution in [2.24, 2.45) is 0 Å². The van der Waals surface area contributed by atoms with E-state index in [0.29, 0.717) is 0 Å². The second-order valence-corrected chi connectivity index (χ2v) is 4.76. The van der Waals surface area contributed by atoms with Crippen molar-refractivity contribution in [2.75, 3.05) is 0 Å². The molecule has 0 spiro atoms. The van der Waals surface area contributed by atoms with Crippen molar-refractivity contribution in [1.29, 1.82) is 0 Å². The minimum absolute atomic E-state index is 0.0216. The minimum atomic E-state index is 0.0216. The molecule has 0 fully saturated rings. The summed E-state index contributed by atoms with van der Waals surface area (Å²) in [4.78, 5) is 0. The highest BCUT2D eigenvalue weighted by Crippen LogP contribution is 2.29. The lowest BCUT2D eigenvalue weighted by Crippen LogP contribution is -1.96. The summed E-state index contributed by atoms with van der Waals surface area (Å²) in [6.45, 7) is 2.08. The van der Waals surface area contributed by atoms with Gasteiger partial charge in [0.25, 0.3) is 0 Å². The van der Waals surface area contributed by atoms with Gasteiger partial charge in [-0.3, -0.25) is 0 Å². The molecule has 0 saturated carbocycles. The zero-order chi connectivity index (χ0) is 10.7. The van der Waals surface area contributed by atoms with Crippen LogP contribution in [-0.4, -0.2) is 0 Å². The Hall–Kier alpha value is -0.730. The van der Waals surface area contributed by atoms with Gasteiger partial charge in [-0.15, -0.1) is 11.6 Å². The van der Waals surface area contributed by atoms with Crippen molar-refractivity contribution in [2.45, 2.75) is 25.1 Å². The summed E-state index contributed by atoms with van der Waals surface area (Å²) in [5, 5.41) is 4.24. The van der Waals surface area contributed by atoms with Crippen LogP contribution in [0.2, 0.25) is 0 Å². The Bertz CT molecular complexity index is 405. The smallest absolute Gasteiger partial charge is 0.108 e. The summed E-state index contributed by atoms with van der Waals surface area (Å²) >= 11 is 8.07. The molecule has 0 amide bonds. The van der Waals surface area contributed by atoms with Crippen molar-refractivity contribution in [3.63, 3.8) is 0 Å². The standard InChI is InChI=1S/C12H13ClOS/c1-2-12-10(3-5-14-12)11(13)7-9-4-6-15-8-9/h3-6,8,11H,2,7H2,1H3. The van der Waals surface area contributed by atoms with E-state index in [-0.39, 0.29) is 5.38 Å². The highest BCUT2D eigenvalue weighted by molar-refractivity contribution is 7.07. The molecule has 2 aromatic rings. The molecule has 15 heavy (non-hydrogen) atoms. The Labute approximate surface area is 98.7 Å². The Morgan fingerprint density at radius 1 is 1.47 bits per heavy atom. The molecule has 80 valence electrons. The summed E-state index contributed by atoms with van der Waals surface area (Å²) in [5.41, 5.74) is 2.42. The van der Waals surface area contributed by atoms with E-state index in [4.69, 9.17) is 16.0 Å². The molecule has 3 heteroatoms. The predicted molar refractivity (Wildman–Crippen MR) is 64.7 cm³/mol. The molecule has 0 bridgehead atoms. The van der Waals surface area contributed by atoms with Crippen LogP contribution in [0.15, 0.2) is 33.6 Å². The monoisotopic (exact) mass is 240 g/mol. The molecule has 0 N–H and O–H groups in total. The van der Waals surface area contributed by atoms with Crippen LogP contribution in [0.25, 0.3) is 0 Å². The number of alkyl halides is 1. The van der Waals surface area contributed by atoms with Crippen LogP contribution in [0.3, 0.4) is 0 Å². The third kappa shape index (κ3) is 2.44. The second kappa shape index (κ2) is 4.86. The summed E-state index contributed by atoms with van der Waals surface area (Å²) < 4.78 is 5.37. The first-order chi connectivity index (χ1) is 7.31. The third-order valence-corrected chi connectivity index (χ3v) is 3.55. The van der Waals surface area contributed by atoms with Gasteiger partial charge in [-0.1, -0.05) is 6.92 Å². The van der Waals surface area contributed by atoms with E-state index in [0.717, 1.165) is 24.2 Å². The lowest BCUT2D eigenvalue weighted by molar-refractivity contribution is 0.510. The molecule has 0 aliphatic heterocycles. The van der Waals surface area contributed by atoms with Gasteiger partial charge < -0.3 is 4.42 Å². The van der Waals surface area contributed by atoms with Crippen LogP contribution in [0.5, 0.6) is 0 Å². The molecule has 2 rings (SSSR count). The van der Waals surface area contributed by atoms with Gasteiger partial charge in [0.1, 0.15) is 5.76 Å². The predicted octanol–water partition coefficient (Wildman–Crippen LogP) is 4.43. The zero-order valence-corrected chi connectivity index (χ0v) is 10.1. The van der Waals surface area contributed by atoms with Crippen molar-refractivity contribution < 1.29 is 4.42 Å². The number of hydrogen-bond donors (Lipinski definition) is 0. The van der Waals surface area contributed by atoms with Crippen LogP contribution in [0, 0.1) is 0 Å². The average molecular weight is 241 g/mol. The van der Waals surface area contributed by atoms with Crippen LogP contribution < -0.4 is 0 Å². The van der Waals surface area contributed by atoms with E-state index in [1.54, 1.807) is 17.6 Å². The van der Waals surface area contributed by atoms with Gasteiger partial charge in [0.15, 0.2) is 0 Å². The van der Waals surface area contributed by atoms with E-state index in [2.05, 4.69) is 23.8 Å². The first kappa shape index (κ1) is 10.8. The van der Waals surface area contributed by atoms with Crippen molar-refractivity contribution in [3.05, 3.63) is 46.0 Å². The van der Waals surface area contributed by atoms with E-state index < -0.39 is 0 Å². The number of hydrogen-bond acceptors (Lipinski definition) is 2. The molecule has 0 radical (unpaired) electrons. The molecule has 2 aromatic heterocycles. The highest BCUT2D eigenvalue weighted by Gasteiger charge is 2.14. The Kier molecular flexibility index (Phi) is 3.49. The summed E-state index contributed by atoms with van der Waals surface area (Å²) in [7, 11) is 0. The molecule has 0 aliphatic carbocycles. The summed E-state index contributed by atoms with van der Waals surface area (Å²) in [6, 6.07) is 4.09. The minimum Gasteiger partial charge on any atom is -0.469 e. The Morgan fingerprint density at radius 3 is 3.00 bits per heavy atom. The van der Waals surface area contributed by atoms with Gasteiger partial charge >= 0.3 is 0 Å². The normalized spacial score (nSPS) is 12.9. The lowest BCUT2D eigenvalue weighted by Gasteiger charge is -2.07. The van der Waals surface area contributed by atoms with Crippen molar-refractivity contribution >= 4 is 22.9 Å². The number of aryl methyl sites for hydroxylation is 1. The van der Waals surface area contributed by atoms with Crippen LogP contribution in [-0.2, 0) is 12.8 Å². The molecule has 0 aliphatic rings. The Balaban J connectivity index is 2.11. The quantitative estimate of drug-likeness (QED) is 0.721. The summed E-state index contributed by atoms with van der Waals surface area (Å²) in [6.07, 6.45) is 3.49. The maximum absolute atomic E-state index is 6.37. The largest absolute Gasteiger partial charge is 0.469 e. The SMILES string of the molecule is CCc1occc1C(Cl)Cc1ccsc1. The third-order valence-electron chi connectivity index (χ3n) is 2.43. The molecule has 1 nitrogen and oxygen atoms in total. The lowest BCUT2D eigenvalue weighted by atomic mass is 10.1. The van der Waals surface area contributed by atoms with Gasteiger partial charge in [-0.2, -0.15) is 11.3 Å². The molecule has 2 heterocycles. The van der Waals surface area contributed by atoms with Gasteiger partial charge in [0.05, 0.1) is 11.6 Å². The van der Waals surface area contributed by atoms with E-state index >= 15 is 0 Å². The van der Waals surface area contributed by atoms with Crippen LogP contribution in [0.4, 0.5) is 0 Å². The van der Waals surface area contributed by atoms with E-state index in [1.807, 2.05) is 6.07 Å². The average Bonchev–Trinajstić information content (AvgIpc) is 2.86. The first-order valence-corrected chi connectivity index (χ1v) is 6.40. The Morgan fingerprint density at radius 2 is 2.33 bits per heavy atom. The maximum atomic E-state index is 6.37. The fourth-order valence-electron chi connectivity index (χ4n) is 1.64. The number of furan rings is 1. The van der Waals surface area contributed by atoms with Crippen LogP contribution in [0.1, 0.15) is 29.2 Å². The van der Waals surface area contributed by atoms with Crippen molar-refractivity contribution in [1.82, 2.24) is 0 Å². The molecular weight excluding hydrogens is 228 g/mol. The van der Waals surface area contributed by atoms with Crippen molar-refractivity contribution in [3.8, 4) is 0 Å². The topological polar surface area (TPSA) is 13.1 Å². The highest BCUT2D eigenvalue weighted by atomic mass is 35.5. The van der Waals surface area contributed by atoms with Gasteiger partial charge in [-0.25, -0.2) is 0 Å². The van der Waals surface area contributed by atoms with Gasteiger partial charge in [-0.05, 0) is 34.9 Å². The van der Waals surface area contributed by atoms with E-state index in [9.17, 15) is 0 Å². The zero-order valence-electron chi connectivity index (χ0n) is 8.57. The number of rotatable bonds is 4. The maximum Gasteiger partial charge on any atom is 0.108 e. The molecule has 1 atom stereocenters. The van der Waals surface area contributed by atoms with Crippen LogP contribution >= 0.6 is 22.9 Å². The molecule has 0 saturated heterocycles. The summed E-state index contributed by atoms with van der Waals surface area (Å²) in [5.74, 6) is 1.00. The van der Waals surface area contributed by atoms with Gasteiger partial charge in [0.2, 0.25) is 0 Å².